The summed E-state index contributed by atoms with van der Waals surface area (Å²) in [5.74, 6) is -1.11. The van der Waals surface area contributed by atoms with Crippen molar-refractivity contribution in [3.05, 3.63) is 42.1 Å². The molecule has 8 nitrogen and oxygen atoms in total. The number of ether oxygens (including phenoxy) is 2. The van der Waals surface area contributed by atoms with Gasteiger partial charge in [0.25, 0.3) is 5.91 Å². The van der Waals surface area contributed by atoms with Crippen LogP contribution in [0.5, 0.6) is 11.6 Å². The van der Waals surface area contributed by atoms with E-state index in [0.29, 0.717) is 13.1 Å². The van der Waals surface area contributed by atoms with E-state index in [1.807, 2.05) is 0 Å². The largest absolute Gasteiger partial charge is 0.492 e. The van der Waals surface area contributed by atoms with Crippen molar-refractivity contribution in [1.29, 1.82) is 0 Å². The Kier molecular flexibility index (Phi) is 7.80. The highest BCUT2D eigenvalue weighted by molar-refractivity contribution is 7.89. The van der Waals surface area contributed by atoms with Gasteiger partial charge in [0, 0.05) is 19.3 Å². The number of hydrogen-bond acceptors (Lipinski definition) is 6. The number of pyridine rings is 1. The number of hydrogen-bond donors (Lipinski definition) is 1. The van der Waals surface area contributed by atoms with Crippen molar-refractivity contribution in [3.63, 3.8) is 0 Å². The summed E-state index contributed by atoms with van der Waals surface area (Å²) in [6.45, 7) is 1.17. The summed E-state index contributed by atoms with van der Waals surface area (Å²) in [7, 11) is -3.79. The van der Waals surface area contributed by atoms with Crippen LogP contribution in [0.1, 0.15) is 36.5 Å². The second-order valence-corrected chi connectivity index (χ2v) is 9.21. The second kappa shape index (κ2) is 10.4. The Morgan fingerprint density at radius 2 is 1.88 bits per heavy atom. The van der Waals surface area contributed by atoms with E-state index in [-0.39, 0.29) is 28.5 Å². The smallest absolute Gasteiger partial charge is 0.422 e. The average molecular weight is 488 g/mol. The average Bonchev–Trinajstić information content (AvgIpc) is 2.79. The Labute approximate surface area is 189 Å². The van der Waals surface area contributed by atoms with Gasteiger partial charge in [0.05, 0.1) is 17.2 Å². The van der Waals surface area contributed by atoms with Crippen molar-refractivity contribution in [2.75, 3.05) is 31.6 Å². The topological polar surface area (TPSA) is 97.8 Å². The number of aromatic nitrogens is 1. The molecule has 33 heavy (non-hydrogen) atoms. The molecule has 0 aliphatic carbocycles. The number of alkyl halides is 3. The van der Waals surface area contributed by atoms with Gasteiger partial charge in [-0.05, 0) is 50.1 Å². The standard InChI is InChI=1S/C21H24F3N3O5S/c1-2-31-18-9-8-15(33(29,30)27-11-4-3-5-12-27)13-17(18)26-19(28)16-7-6-10-25-20(16)32-14-21(22,23)24/h6-10,13H,2-5,11-12,14H2,1H3,(H,26,28). The van der Waals surface area contributed by atoms with Crippen LogP contribution in [0.15, 0.2) is 41.4 Å². The minimum atomic E-state index is -4.61. The molecule has 0 unspecified atom stereocenters. The number of carbonyl (C=O) groups excluding carboxylic acids is 1. The van der Waals surface area contributed by atoms with Gasteiger partial charge in [-0.1, -0.05) is 6.42 Å². The first-order valence-corrected chi connectivity index (χ1v) is 11.8. The van der Waals surface area contributed by atoms with Gasteiger partial charge >= 0.3 is 6.18 Å². The van der Waals surface area contributed by atoms with Gasteiger partial charge < -0.3 is 14.8 Å². The third kappa shape index (κ3) is 6.35. The van der Waals surface area contributed by atoms with Crippen molar-refractivity contribution >= 4 is 21.6 Å². The molecule has 0 bridgehead atoms. The third-order valence-corrected chi connectivity index (χ3v) is 6.73. The molecule has 0 spiro atoms. The van der Waals surface area contributed by atoms with Gasteiger partial charge in [-0.25, -0.2) is 13.4 Å². The molecule has 1 aliphatic heterocycles. The summed E-state index contributed by atoms with van der Waals surface area (Å²) in [6.07, 6.45) is -0.923. The summed E-state index contributed by atoms with van der Waals surface area (Å²) in [4.78, 5) is 16.5. The van der Waals surface area contributed by atoms with Crippen molar-refractivity contribution < 1.29 is 35.9 Å². The molecular weight excluding hydrogens is 463 g/mol. The van der Waals surface area contributed by atoms with E-state index < -0.39 is 34.6 Å². The first-order valence-electron chi connectivity index (χ1n) is 10.3. The van der Waals surface area contributed by atoms with E-state index >= 15 is 0 Å². The summed E-state index contributed by atoms with van der Waals surface area (Å²) in [6, 6.07) is 6.73. The third-order valence-electron chi connectivity index (χ3n) is 4.84. The second-order valence-electron chi connectivity index (χ2n) is 7.27. The van der Waals surface area contributed by atoms with Gasteiger partial charge in [-0.15, -0.1) is 0 Å². The Bertz CT molecular complexity index is 1090. The molecule has 1 aromatic carbocycles. The van der Waals surface area contributed by atoms with E-state index in [9.17, 15) is 26.4 Å². The lowest BCUT2D eigenvalue weighted by Crippen LogP contribution is -2.35. The van der Waals surface area contributed by atoms with Crippen molar-refractivity contribution in [2.24, 2.45) is 0 Å². The number of rotatable bonds is 8. The van der Waals surface area contributed by atoms with E-state index in [4.69, 9.17) is 4.74 Å². The maximum absolute atomic E-state index is 13.0. The number of anilines is 1. The maximum atomic E-state index is 13.0. The van der Waals surface area contributed by atoms with E-state index in [1.165, 1.54) is 40.8 Å². The zero-order valence-electron chi connectivity index (χ0n) is 17.9. The summed E-state index contributed by atoms with van der Waals surface area (Å²) in [5.41, 5.74) is -0.181. The van der Waals surface area contributed by atoms with Crippen LogP contribution in [0.2, 0.25) is 0 Å². The first-order chi connectivity index (χ1) is 15.6. The van der Waals surface area contributed by atoms with Crippen LogP contribution in [0.25, 0.3) is 0 Å². The fourth-order valence-electron chi connectivity index (χ4n) is 3.32. The molecule has 3 rings (SSSR count). The lowest BCUT2D eigenvalue weighted by Gasteiger charge is -2.26. The van der Waals surface area contributed by atoms with Crippen LogP contribution < -0.4 is 14.8 Å². The molecule has 1 fully saturated rings. The normalized spacial score (nSPS) is 15.2. The van der Waals surface area contributed by atoms with Crippen LogP contribution in [0, 0.1) is 0 Å². The zero-order valence-corrected chi connectivity index (χ0v) is 18.7. The van der Waals surface area contributed by atoms with Crippen molar-refractivity contribution in [2.45, 2.75) is 37.3 Å². The number of carbonyl (C=O) groups is 1. The molecule has 180 valence electrons. The molecule has 1 aliphatic rings. The van der Waals surface area contributed by atoms with Crippen molar-refractivity contribution in [3.8, 4) is 11.6 Å². The zero-order chi connectivity index (χ0) is 24.1. The Balaban J connectivity index is 1.89. The Morgan fingerprint density at radius 3 is 2.55 bits per heavy atom. The minimum Gasteiger partial charge on any atom is -0.492 e. The summed E-state index contributed by atoms with van der Waals surface area (Å²) < 4.78 is 75.2. The van der Waals surface area contributed by atoms with Gasteiger partial charge in [-0.3, -0.25) is 4.79 Å². The molecule has 1 saturated heterocycles. The molecule has 2 heterocycles. The van der Waals surface area contributed by atoms with Crippen molar-refractivity contribution in [1.82, 2.24) is 9.29 Å². The number of piperidine rings is 1. The van der Waals surface area contributed by atoms with Crippen LogP contribution in [-0.4, -0.2) is 56.1 Å². The molecule has 2 aromatic rings. The van der Waals surface area contributed by atoms with Crippen LogP contribution >= 0.6 is 0 Å². The van der Waals surface area contributed by atoms with Gasteiger partial charge in [-0.2, -0.15) is 17.5 Å². The van der Waals surface area contributed by atoms with Gasteiger partial charge in [0.1, 0.15) is 11.3 Å². The molecule has 0 radical (unpaired) electrons. The quantitative estimate of drug-likeness (QED) is 0.608. The highest BCUT2D eigenvalue weighted by Gasteiger charge is 2.30. The van der Waals surface area contributed by atoms with Gasteiger partial charge in [0.15, 0.2) is 6.61 Å². The highest BCUT2D eigenvalue weighted by atomic mass is 32.2. The monoisotopic (exact) mass is 487 g/mol. The number of halogens is 3. The SMILES string of the molecule is CCOc1ccc(S(=O)(=O)N2CCCCC2)cc1NC(=O)c1cccnc1OCC(F)(F)F. The predicted octanol–water partition coefficient (Wildman–Crippen LogP) is 3.85. The number of benzene rings is 1. The first kappa shape index (κ1) is 24.8. The molecule has 0 saturated carbocycles. The lowest BCUT2D eigenvalue weighted by atomic mass is 10.2. The molecule has 1 N–H and O–H groups in total. The molecular formula is C21H24F3N3O5S. The summed E-state index contributed by atoms with van der Waals surface area (Å²) in [5, 5.41) is 2.52. The predicted molar refractivity (Wildman–Crippen MR) is 114 cm³/mol. The number of amides is 1. The number of nitrogens with one attached hydrogen (secondary N) is 1. The summed E-state index contributed by atoms with van der Waals surface area (Å²) >= 11 is 0. The molecule has 12 heteroatoms. The fraction of sp³-hybridized carbons (Fsp3) is 0.429. The van der Waals surface area contributed by atoms with E-state index in [1.54, 1.807) is 6.92 Å². The highest BCUT2D eigenvalue weighted by Crippen LogP contribution is 2.31. The van der Waals surface area contributed by atoms with Crippen LogP contribution in [0.4, 0.5) is 18.9 Å². The van der Waals surface area contributed by atoms with Crippen LogP contribution in [0.3, 0.4) is 0 Å². The lowest BCUT2D eigenvalue weighted by molar-refractivity contribution is -0.154. The van der Waals surface area contributed by atoms with E-state index in [2.05, 4.69) is 15.0 Å². The van der Waals surface area contributed by atoms with Crippen LogP contribution in [-0.2, 0) is 10.0 Å². The minimum absolute atomic E-state index is 0.0251. The number of sulfonamides is 1. The maximum Gasteiger partial charge on any atom is 0.422 e. The fourth-order valence-corrected chi connectivity index (χ4v) is 4.87. The Morgan fingerprint density at radius 1 is 1.15 bits per heavy atom. The molecule has 1 aromatic heterocycles. The molecule has 1 amide bonds. The number of nitrogens with zero attached hydrogens (tertiary/aromatic N) is 2. The molecule has 0 atom stereocenters. The Hall–Kier alpha value is -2.86. The van der Waals surface area contributed by atoms with E-state index in [0.717, 1.165) is 19.3 Å². The van der Waals surface area contributed by atoms with Gasteiger partial charge in [0.2, 0.25) is 15.9 Å².